The van der Waals surface area contributed by atoms with Crippen molar-refractivity contribution in [1.29, 1.82) is 0 Å². The van der Waals surface area contributed by atoms with E-state index in [-0.39, 0.29) is 17.9 Å². The van der Waals surface area contributed by atoms with Gasteiger partial charge in [0.25, 0.3) is 0 Å². The molecular formula is C27H28FN5O. The Kier molecular flexibility index (Phi) is 6.01. The first-order valence-corrected chi connectivity index (χ1v) is 11.7. The monoisotopic (exact) mass is 457 g/mol. The molecule has 1 saturated heterocycles. The van der Waals surface area contributed by atoms with E-state index in [0.717, 1.165) is 33.8 Å². The van der Waals surface area contributed by atoms with Crippen LogP contribution in [0.3, 0.4) is 0 Å². The molecule has 1 N–H and O–H groups in total. The molecule has 1 aromatic heterocycles. The van der Waals surface area contributed by atoms with Crippen molar-refractivity contribution in [3.63, 3.8) is 0 Å². The molecular weight excluding hydrogens is 429 g/mol. The van der Waals surface area contributed by atoms with Gasteiger partial charge in [-0.15, -0.1) is 0 Å². The van der Waals surface area contributed by atoms with E-state index in [2.05, 4.69) is 57.4 Å². The Labute approximate surface area is 199 Å². The summed E-state index contributed by atoms with van der Waals surface area (Å²) in [5.74, 6) is 0.658. The van der Waals surface area contributed by atoms with Gasteiger partial charge in [-0.05, 0) is 48.8 Å². The first kappa shape index (κ1) is 22.1. The first-order valence-electron chi connectivity index (χ1n) is 11.7. The number of fused-ring (bicyclic) bond motifs is 1. The van der Waals surface area contributed by atoms with Gasteiger partial charge in [-0.3, -0.25) is 0 Å². The number of amides is 2. The van der Waals surface area contributed by atoms with Crippen LogP contribution in [0.5, 0.6) is 0 Å². The molecule has 7 heteroatoms. The number of allylic oxidation sites excluding steroid dienone is 1. The highest BCUT2D eigenvalue weighted by Gasteiger charge is 2.27. The van der Waals surface area contributed by atoms with E-state index in [1.165, 1.54) is 17.7 Å². The Morgan fingerprint density at radius 2 is 1.71 bits per heavy atom. The SMILES string of the molecule is Cc1ccc([C@H](C)NC(=O)N2CCN(c3ncnc4c3C=C(c3ccc(F)cc3)C4)CC2)cc1. The molecule has 3 aromatic rings. The molecule has 1 aliphatic heterocycles. The number of carbonyl (C=O) groups excluding carboxylic acids is 1. The zero-order chi connectivity index (χ0) is 23.7. The zero-order valence-corrected chi connectivity index (χ0v) is 19.5. The number of hydrogen-bond acceptors (Lipinski definition) is 4. The summed E-state index contributed by atoms with van der Waals surface area (Å²) in [6.07, 6.45) is 4.42. The van der Waals surface area contributed by atoms with E-state index in [0.29, 0.717) is 32.6 Å². The highest BCUT2D eigenvalue weighted by atomic mass is 19.1. The van der Waals surface area contributed by atoms with Gasteiger partial charge in [0.15, 0.2) is 0 Å². The molecule has 1 atom stereocenters. The van der Waals surface area contributed by atoms with E-state index in [1.54, 1.807) is 18.5 Å². The molecule has 1 fully saturated rings. The van der Waals surface area contributed by atoms with Gasteiger partial charge >= 0.3 is 6.03 Å². The summed E-state index contributed by atoms with van der Waals surface area (Å²) in [4.78, 5) is 26.0. The number of benzene rings is 2. The van der Waals surface area contributed by atoms with Crippen molar-refractivity contribution >= 4 is 23.5 Å². The lowest BCUT2D eigenvalue weighted by atomic mass is 10.1. The fraction of sp³-hybridized carbons (Fsp3) is 0.296. The average Bonchev–Trinajstić information content (AvgIpc) is 3.29. The van der Waals surface area contributed by atoms with Crippen molar-refractivity contribution in [2.45, 2.75) is 26.3 Å². The number of urea groups is 1. The summed E-state index contributed by atoms with van der Waals surface area (Å²) in [5, 5.41) is 3.12. The second kappa shape index (κ2) is 9.25. The first-order chi connectivity index (χ1) is 16.5. The third-order valence-electron chi connectivity index (χ3n) is 6.62. The smallest absolute Gasteiger partial charge is 0.317 e. The lowest BCUT2D eigenvalue weighted by molar-refractivity contribution is 0.191. The summed E-state index contributed by atoms with van der Waals surface area (Å²) in [6.45, 7) is 6.72. The molecule has 1 aliphatic carbocycles. The highest BCUT2D eigenvalue weighted by Crippen LogP contribution is 2.35. The number of aryl methyl sites for hydroxylation is 1. The summed E-state index contributed by atoms with van der Waals surface area (Å²) < 4.78 is 13.3. The van der Waals surface area contributed by atoms with Gasteiger partial charge in [-0.25, -0.2) is 19.2 Å². The second-order valence-electron chi connectivity index (χ2n) is 8.97. The predicted octanol–water partition coefficient (Wildman–Crippen LogP) is 4.61. The topological polar surface area (TPSA) is 61.4 Å². The van der Waals surface area contributed by atoms with Crippen LogP contribution in [0.25, 0.3) is 11.6 Å². The van der Waals surface area contributed by atoms with E-state index in [4.69, 9.17) is 0 Å². The Bertz CT molecular complexity index is 1210. The number of piperazine rings is 1. The van der Waals surface area contributed by atoms with Crippen LogP contribution in [-0.4, -0.2) is 47.1 Å². The molecule has 2 aliphatic rings. The lowest BCUT2D eigenvalue weighted by Gasteiger charge is -2.36. The maximum atomic E-state index is 13.3. The zero-order valence-electron chi connectivity index (χ0n) is 19.5. The fourth-order valence-electron chi connectivity index (χ4n) is 4.55. The van der Waals surface area contributed by atoms with Gasteiger partial charge in [-0.2, -0.15) is 0 Å². The van der Waals surface area contributed by atoms with E-state index >= 15 is 0 Å². The molecule has 0 spiro atoms. The molecule has 5 rings (SSSR count). The largest absolute Gasteiger partial charge is 0.352 e. The summed E-state index contributed by atoms with van der Waals surface area (Å²) in [6, 6.07) is 14.7. The molecule has 2 aromatic carbocycles. The summed E-state index contributed by atoms with van der Waals surface area (Å²) in [7, 11) is 0. The van der Waals surface area contributed by atoms with Crippen LogP contribution >= 0.6 is 0 Å². The van der Waals surface area contributed by atoms with Crippen molar-refractivity contribution in [2.24, 2.45) is 0 Å². The van der Waals surface area contributed by atoms with Crippen LogP contribution in [0.15, 0.2) is 54.9 Å². The number of nitrogens with one attached hydrogen (secondary N) is 1. The molecule has 0 radical (unpaired) electrons. The van der Waals surface area contributed by atoms with E-state index in [9.17, 15) is 9.18 Å². The number of aromatic nitrogens is 2. The normalized spacial score (nSPS) is 16.1. The number of hydrogen-bond donors (Lipinski definition) is 1. The van der Waals surface area contributed by atoms with Gasteiger partial charge in [-0.1, -0.05) is 42.0 Å². The van der Waals surface area contributed by atoms with Crippen LogP contribution in [0.2, 0.25) is 0 Å². The van der Waals surface area contributed by atoms with Gasteiger partial charge < -0.3 is 15.1 Å². The quantitative estimate of drug-likeness (QED) is 0.621. The van der Waals surface area contributed by atoms with Gasteiger partial charge in [0.05, 0.1) is 11.7 Å². The number of nitrogens with zero attached hydrogens (tertiary/aromatic N) is 4. The minimum Gasteiger partial charge on any atom is -0.352 e. The van der Waals surface area contributed by atoms with Crippen LogP contribution in [0, 0.1) is 12.7 Å². The Morgan fingerprint density at radius 3 is 2.41 bits per heavy atom. The molecule has 174 valence electrons. The molecule has 2 amide bonds. The van der Waals surface area contributed by atoms with Gasteiger partial charge in [0.2, 0.25) is 0 Å². The van der Waals surface area contributed by atoms with Crippen molar-refractivity contribution in [3.05, 3.63) is 88.6 Å². The van der Waals surface area contributed by atoms with Crippen LogP contribution < -0.4 is 10.2 Å². The minimum absolute atomic E-state index is 0.0425. The molecule has 2 heterocycles. The summed E-state index contributed by atoms with van der Waals surface area (Å²) >= 11 is 0. The summed E-state index contributed by atoms with van der Waals surface area (Å²) in [5.41, 5.74) is 6.41. The number of halogens is 1. The van der Waals surface area contributed by atoms with Crippen molar-refractivity contribution in [2.75, 3.05) is 31.1 Å². The van der Waals surface area contributed by atoms with E-state index < -0.39 is 0 Å². The van der Waals surface area contributed by atoms with Gasteiger partial charge in [0.1, 0.15) is 18.0 Å². The predicted molar refractivity (Wildman–Crippen MR) is 132 cm³/mol. The number of anilines is 1. The highest BCUT2D eigenvalue weighted by molar-refractivity contribution is 5.91. The Morgan fingerprint density at radius 1 is 1.00 bits per heavy atom. The maximum absolute atomic E-state index is 13.3. The fourth-order valence-corrected chi connectivity index (χ4v) is 4.55. The second-order valence-corrected chi connectivity index (χ2v) is 8.97. The van der Waals surface area contributed by atoms with Crippen molar-refractivity contribution < 1.29 is 9.18 Å². The maximum Gasteiger partial charge on any atom is 0.317 e. The Balaban J connectivity index is 1.24. The minimum atomic E-state index is -0.240. The third-order valence-corrected chi connectivity index (χ3v) is 6.62. The van der Waals surface area contributed by atoms with Gasteiger partial charge in [0, 0.05) is 38.2 Å². The van der Waals surface area contributed by atoms with Crippen LogP contribution in [0.1, 0.15) is 40.9 Å². The number of rotatable bonds is 4. The molecule has 6 nitrogen and oxygen atoms in total. The van der Waals surface area contributed by atoms with Crippen molar-refractivity contribution in [3.8, 4) is 0 Å². The van der Waals surface area contributed by atoms with E-state index in [1.807, 2.05) is 11.8 Å². The molecule has 0 bridgehead atoms. The van der Waals surface area contributed by atoms with Crippen LogP contribution in [-0.2, 0) is 6.42 Å². The Hall–Kier alpha value is -3.74. The standard InChI is InChI=1S/C27H28FN5O/c1-18-3-5-20(6-4-18)19(2)31-27(34)33-13-11-32(12-14-33)26-24-15-22(16-25(24)29-17-30-26)21-7-9-23(28)10-8-21/h3-10,15,17,19H,11-14,16H2,1-2H3,(H,31,34)/t19-/m0/s1. The molecule has 34 heavy (non-hydrogen) atoms. The van der Waals surface area contributed by atoms with Crippen LogP contribution in [0.4, 0.5) is 15.0 Å². The number of carbonyl (C=O) groups is 1. The molecule has 0 unspecified atom stereocenters. The molecule has 0 saturated carbocycles. The van der Waals surface area contributed by atoms with Crippen molar-refractivity contribution in [1.82, 2.24) is 20.2 Å². The average molecular weight is 458 g/mol. The third kappa shape index (κ3) is 4.51. The lowest BCUT2D eigenvalue weighted by Crippen LogP contribution is -2.52.